The number of rotatable bonds is 13. The molecule has 0 aliphatic heterocycles. The third-order valence-corrected chi connectivity index (χ3v) is 6.06. The molecule has 0 amide bonds. The minimum atomic E-state index is 0.0161. The van der Waals surface area contributed by atoms with Crippen molar-refractivity contribution in [1.29, 1.82) is 0 Å². The van der Waals surface area contributed by atoms with Crippen molar-refractivity contribution >= 4 is 22.8 Å². The molecule has 0 saturated heterocycles. The topological polar surface area (TPSA) is 33.2 Å². The maximum Gasteiger partial charge on any atom is 0.186 e. The zero-order valence-electron chi connectivity index (χ0n) is 16.4. The van der Waals surface area contributed by atoms with Gasteiger partial charge >= 0.3 is 0 Å². The Balaban J connectivity index is 3.12. The standard InChI is InChI=1S/C20H36N2OS/c1-6-10-13-20(5,9-4)18-17(16-23)24-19(21-18)22(14-11-7-2)15-12-8-3/h16H,6-15H2,1-5H3. The van der Waals surface area contributed by atoms with Crippen LogP contribution in [0.15, 0.2) is 0 Å². The van der Waals surface area contributed by atoms with E-state index < -0.39 is 0 Å². The van der Waals surface area contributed by atoms with Gasteiger partial charge in [0.1, 0.15) is 0 Å². The molecule has 0 radical (unpaired) electrons. The Labute approximate surface area is 152 Å². The quantitative estimate of drug-likeness (QED) is 0.395. The Kier molecular flexibility index (Phi) is 9.57. The van der Waals surface area contributed by atoms with Crippen LogP contribution in [0.1, 0.15) is 101 Å². The van der Waals surface area contributed by atoms with Gasteiger partial charge in [0.05, 0.1) is 10.6 Å². The fourth-order valence-corrected chi connectivity index (χ4v) is 4.08. The molecule has 1 unspecified atom stereocenters. The fourth-order valence-electron chi connectivity index (χ4n) is 3.00. The van der Waals surface area contributed by atoms with Gasteiger partial charge in [0, 0.05) is 18.5 Å². The largest absolute Gasteiger partial charge is 0.348 e. The molecular formula is C20H36N2OS. The number of unbranched alkanes of at least 4 members (excludes halogenated alkanes) is 3. The smallest absolute Gasteiger partial charge is 0.186 e. The lowest BCUT2D eigenvalue weighted by atomic mass is 9.79. The molecular weight excluding hydrogens is 316 g/mol. The highest BCUT2D eigenvalue weighted by Crippen LogP contribution is 2.38. The summed E-state index contributed by atoms with van der Waals surface area (Å²) in [5, 5.41) is 1.05. The van der Waals surface area contributed by atoms with Crippen molar-refractivity contribution in [2.45, 2.75) is 91.4 Å². The van der Waals surface area contributed by atoms with Gasteiger partial charge in [-0.15, -0.1) is 0 Å². The first kappa shape index (κ1) is 21.1. The van der Waals surface area contributed by atoms with E-state index in [4.69, 9.17) is 4.98 Å². The second kappa shape index (κ2) is 10.9. The van der Waals surface area contributed by atoms with Crippen molar-refractivity contribution < 1.29 is 4.79 Å². The summed E-state index contributed by atoms with van der Waals surface area (Å²) in [4.78, 5) is 19.9. The van der Waals surface area contributed by atoms with Gasteiger partial charge in [-0.05, 0) is 25.7 Å². The number of hydrogen-bond acceptors (Lipinski definition) is 4. The number of carbonyl (C=O) groups is 1. The van der Waals surface area contributed by atoms with Crippen LogP contribution in [0.4, 0.5) is 5.13 Å². The molecule has 0 aliphatic rings. The van der Waals surface area contributed by atoms with E-state index in [2.05, 4.69) is 39.5 Å². The first-order chi connectivity index (χ1) is 11.6. The summed E-state index contributed by atoms with van der Waals surface area (Å²) in [6.07, 6.45) is 10.2. The molecule has 0 N–H and O–H groups in total. The third kappa shape index (κ3) is 5.58. The second-order valence-corrected chi connectivity index (χ2v) is 8.05. The first-order valence-electron chi connectivity index (χ1n) is 9.77. The van der Waals surface area contributed by atoms with E-state index >= 15 is 0 Å². The Bertz CT molecular complexity index is 478. The highest BCUT2D eigenvalue weighted by molar-refractivity contribution is 7.17. The maximum absolute atomic E-state index is 11.7. The Morgan fingerprint density at radius 3 is 2.08 bits per heavy atom. The van der Waals surface area contributed by atoms with Gasteiger partial charge in [-0.1, -0.05) is 71.6 Å². The molecule has 0 saturated carbocycles. The van der Waals surface area contributed by atoms with E-state index in [-0.39, 0.29) is 5.41 Å². The SMILES string of the molecule is CCCCN(CCCC)c1nc(C(C)(CC)CCCC)c(C=O)s1. The van der Waals surface area contributed by atoms with Gasteiger partial charge in [0.25, 0.3) is 0 Å². The minimum Gasteiger partial charge on any atom is -0.348 e. The van der Waals surface area contributed by atoms with Gasteiger partial charge in [0.2, 0.25) is 0 Å². The number of anilines is 1. The van der Waals surface area contributed by atoms with Gasteiger partial charge in [0.15, 0.2) is 11.4 Å². The lowest BCUT2D eigenvalue weighted by Gasteiger charge is -2.27. The highest BCUT2D eigenvalue weighted by atomic mass is 32.1. The summed E-state index contributed by atoms with van der Waals surface area (Å²) in [7, 11) is 0. The maximum atomic E-state index is 11.7. The molecule has 138 valence electrons. The van der Waals surface area contributed by atoms with Crippen LogP contribution in [-0.4, -0.2) is 24.4 Å². The van der Waals surface area contributed by atoms with Gasteiger partial charge in [-0.25, -0.2) is 4.98 Å². The number of aldehydes is 1. The van der Waals surface area contributed by atoms with Crippen LogP contribution in [0, 0.1) is 0 Å². The summed E-state index contributed by atoms with van der Waals surface area (Å²) < 4.78 is 0. The molecule has 24 heavy (non-hydrogen) atoms. The van der Waals surface area contributed by atoms with Crippen LogP contribution >= 0.6 is 11.3 Å². The van der Waals surface area contributed by atoms with Crippen LogP contribution in [0.25, 0.3) is 0 Å². The normalized spacial score (nSPS) is 13.7. The molecule has 0 aromatic carbocycles. The predicted molar refractivity (Wildman–Crippen MR) is 107 cm³/mol. The van der Waals surface area contributed by atoms with E-state index in [0.717, 1.165) is 47.9 Å². The zero-order valence-corrected chi connectivity index (χ0v) is 17.2. The molecule has 0 fully saturated rings. The molecule has 0 spiro atoms. The van der Waals surface area contributed by atoms with Crippen LogP contribution in [0.2, 0.25) is 0 Å². The van der Waals surface area contributed by atoms with Crippen molar-refractivity contribution in [3.05, 3.63) is 10.6 Å². The van der Waals surface area contributed by atoms with Crippen molar-refractivity contribution in [1.82, 2.24) is 4.98 Å². The Morgan fingerprint density at radius 1 is 1.04 bits per heavy atom. The van der Waals surface area contributed by atoms with E-state index in [1.807, 2.05) is 0 Å². The number of thiazole rings is 1. The van der Waals surface area contributed by atoms with Crippen molar-refractivity contribution in [2.75, 3.05) is 18.0 Å². The van der Waals surface area contributed by atoms with Crippen LogP contribution in [-0.2, 0) is 5.41 Å². The number of nitrogens with zero attached hydrogens (tertiary/aromatic N) is 2. The number of hydrogen-bond donors (Lipinski definition) is 0. The Morgan fingerprint density at radius 2 is 1.62 bits per heavy atom. The van der Waals surface area contributed by atoms with E-state index in [1.54, 1.807) is 11.3 Å². The molecule has 0 bridgehead atoms. The minimum absolute atomic E-state index is 0.0161. The molecule has 1 heterocycles. The lowest BCUT2D eigenvalue weighted by Crippen LogP contribution is -2.26. The van der Waals surface area contributed by atoms with Crippen LogP contribution < -0.4 is 4.90 Å². The molecule has 3 nitrogen and oxygen atoms in total. The Hall–Kier alpha value is -0.900. The number of aromatic nitrogens is 1. The molecule has 1 rings (SSSR count). The van der Waals surface area contributed by atoms with Crippen molar-refractivity contribution in [2.24, 2.45) is 0 Å². The fraction of sp³-hybridized carbons (Fsp3) is 0.800. The summed E-state index contributed by atoms with van der Waals surface area (Å²) >= 11 is 1.59. The second-order valence-electron chi connectivity index (χ2n) is 7.04. The first-order valence-corrected chi connectivity index (χ1v) is 10.6. The zero-order chi connectivity index (χ0) is 18.0. The average Bonchev–Trinajstić information content (AvgIpc) is 3.04. The van der Waals surface area contributed by atoms with Crippen molar-refractivity contribution in [3.63, 3.8) is 0 Å². The van der Waals surface area contributed by atoms with Crippen LogP contribution in [0.3, 0.4) is 0 Å². The van der Waals surface area contributed by atoms with Gasteiger partial charge in [-0.3, -0.25) is 4.79 Å². The van der Waals surface area contributed by atoms with E-state index in [0.29, 0.717) is 0 Å². The van der Waals surface area contributed by atoms with Gasteiger partial charge in [-0.2, -0.15) is 0 Å². The highest BCUT2D eigenvalue weighted by Gasteiger charge is 2.31. The third-order valence-electron chi connectivity index (χ3n) is 5.02. The molecule has 1 atom stereocenters. The van der Waals surface area contributed by atoms with E-state index in [9.17, 15) is 4.79 Å². The van der Waals surface area contributed by atoms with Gasteiger partial charge < -0.3 is 4.90 Å². The molecule has 4 heteroatoms. The molecule has 0 aliphatic carbocycles. The monoisotopic (exact) mass is 352 g/mol. The summed E-state index contributed by atoms with van der Waals surface area (Å²) in [6, 6.07) is 0. The average molecular weight is 353 g/mol. The summed E-state index contributed by atoms with van der Waals surface area (Å²) in [5.41, 5.74) is 1.05. The van der Waals surface area contributed by atoms with Crippen LogP contribution in [0.5, 0.6) is 0 Å². The molecule has 1 aromatic heterocycles. The van der Waals surface area contributed by atoms with E-state index in [1.165, 1.54) is 38.5 Å². The predicted octanol–water partition coefficient (Wildman–Crippen LogP) is 6.22. The number of carbonyl (C=O) groups excluding carboxylic acids is 1. The molecule has 1 aromatic rings. The lowest BCUT2D eigenvalue weighted by molar-refractivity contribution is 0.112. The summed E-state index contributed by atoms with van der Waals surface area (Å²) in [6.45, 7) is 13.2. The van der Waals surface area contributed by atoms with Crippen molar-refractivity contribution in [3.8, 4) is 0 Å². The summed E-state index contributed by atoms with van der Waals surface area (Å²) in [5.74, 6) is 0.